The fourth-order valence-electron chi connectivity index (χ4n) is 4.19. The van der Waals surface area contributed by atoms with Crippen LogP contribution in [0.25, 0.3) is 0 Å². The zero-order valence-corrected chi connectivity index (χ0v) is 18.7. The van der Waals surface area contributed by atoms with Crippen LogP contribution in [0.1, 0.15) is 37.9 Å². The van der Waals surface area contributed by atoms with Crippen molar-refractivity contribution in [2.24, 2.45) is 10.9 Å². The Morgan fingerprint density at radius 1 is 1.17 bits per heavy atom. The summed E-state index contributed by atoms with van der Waals surface area (Å²) >= 11 is 14.0. The fraction of sp³-hybridized carbons (Fsp3) is 0.318. The molecule has 2 aliphatic rings. The SMILES string of the molecule is CC(C)C1=C(COO)SC2=N[C@@](C)(c3cccc(Cl)c3)[C@@H](c3ccc(Cl)cc3)N21. The van der Waals surface area contributed by atoms with Crippen LogP contribution in [0.15, 0.2) is 64.1 Å². The van der Waals surface area contributed by atoms with E-state index in [1.807, 2.05) is 30.3 Å². The van der Waals surface area contributed by atoms with Gasteiger partial charge in [0.2, 0.25) is 0 Å². The Balaban J connectivity index is 1.90. The molecule has 2 heterocycles. The lowest BCUT2D eigenvalue weighted by Crippen LogP contribution is -2.36. The molecule has 0 aliphatic carbocycles. The molecular formula is C22H22Cl2N2O2S. The summed E-state index contributed by atoms with van der Waals surface area (Å²) in [6, 6.07) is 15.7. The van der Waals surface area contributed by atoms with Crippen LogP contribution in [-0.2, 0) is 10.4 Å². The predicted molar refractivity (Wildman–Crippen MR) is 120 cm³/mol. The quantitative estimate of drug-likeness (QED) is 0.406. The van der Waals surface area contributed by atoms with Gasteiger partial charge in [-0.15, -0.1) is 0 Å². The van der Waals surface area contributed by atoms with Gasteiger partial charge in [0, 0.05) is 20.6 Å². The maximum absolute atomic E-state index is 9.08. The van der Waals surface area contributed by atoms with Gasteiger partial charge in [-0.1, -0.05) is 73.1 Å². The summed E-state index contributed by atoms with van der Waals surface area (Å²) in [5, 5.41) is 11.4. The number of nitrogens with zero attached hydrogens (tertiary/aromatic N) is 2. The highest BCUT2D eigenvalue weighted by atomic mass is 35.5. The van der Waals surface area contributed by atoms with Gasteiger partial charge in [-0.2, -0.15) is 0 Å². The second kappa shape index (κ2) is 7.97. The van der Waals surface area contributed by atoms with E-state index in [4.69, 9.17) is 33.5 Å². The number of thioether (sulfide) groups is 1. The van der Waals surface area contributed by atoms with E-state index in [0.29, 0.717) is 10.0 Å². The summed E-state index contributed by atoms with van der Waals surface area (Å²) in [6.07, 6.45) is 0. The first-order valence-corrected chi connectivity index (χ1v) is 11.0. The van der Waals surface area contributed by atoms with Crippen molar-refractivity contribution in [3.05, 3.63) is 80.3 Å². The van der Waals surface area contributed by atoms with Crippen molar-refractivity contribution in [2.75, 3.05) is 6.61 Å². The molecular weight excluding hydrogens is 427 g/mol. The van der Waals surface area contributed by atoms with Gasteiger partial charge in [0.25, 0.3) is 0 Å². The summed E-state index contributed by atoms with van der Waals surface area (Å²) < 4.78 is 0. The first kappa shape index (κ1) is 20.8. The Labute approximate surface area is 185 Å². The van der Waals surface area contributed by atoms with Crippen LogP contribution < -0.4 is 0 Å². The molecule has 0 saturated heterocycles. The lowest BCUT2D eigenvalue weighted by Gasteiger charge is -2.37. The van der Waals surface area contributed by atoms with E-state index in [2.05, 4.69) is 48.8 Å². The third kappa shape index (κ3) is 3.60. The monoisotopic (exact) mass is 448 g/mol. The van der Waals surface area contributed by atoms with Crippen molar-refractivity contribution in [2.45, 2.75) is 32.4 Å². The predicted octanol–water partition coefficient (Wildman–Crippen LogP) is 6.73. The average Bonchev–Trinajstić information content (AvgIpc) is 3.15. The van der Waals surface area contributed by atoms with E-state index in [1.165, 1.54) is 0 Å². The van der Waals surface area contributed by atoms with Crippen molar-refractivity contribution >= 4 is 40.1 Å². The Morgan fingerprint density at radius 2 is 1.90 bits per heavy atom. The molecule has 29 heavy (non-hydrogen) atoms. The molecule has 0 radical (unpaired) electrons. The number of amidine groups is 1. The first-order valence-electron chi connectivity index (χ1n) is 9.43. The lowest BCUT2D eigenvalue weighted by atomic mass is 9.81. The molecule has 2 atom stereocenters. The maximum atomic E-state index is 9.08. The Hall–Kier alpha value is -1.50. The van der Waals surface area contributed by atoms with E-state index < -0.39 is 5.54 Å². The van der Waals surface area contributed by atoms with Gasteiger partial charge in [0.05, 0.1) is 6.04 Å². The van der Waals surface area contributed by atoms with Crippen LogP contribution >= 0.6 is 35.0 Å². The van der Waals surface area contributed by atoms with E-state index in [-0.39, 0.29) is 18.6 Å². The number of aliphatic imine (C=N–C) groups is 1. The number of allylic oxidation sites excluding steroid dienone is 1. The summed E-state index contributed by atoms with van der Waals surface area (Å²) in [4.78, 5) is 12.9. The molecule has 2 aliphatic heterocycles. The minimum Gasteiger partial charge on any atom is -0.313 e. The standard InChI is InChI=1S/C22H22Cl2N2O2S/c1-13(2)19-18(12-28-27)29-21-25-22(3,15-5-4-6-17(24)11-15)20(26(19)21)14-7-9-16(23)10-8-14/h4-11,13,20,27H,12H2,1-3H3/t20-,22+/m1/s1. The van der Waals surface area contributed by atoms with Gasteiger partial charge in [0.15, 0.2) is 5.17 Å². The molecule has 0 amide bonds. The molecule has 0 unspecified atom stereocenters. The second-order valence-corrected chi connectivity index (χ2v) is 9.65. The van der Waals surface area contributed by atoms with Gasteiger partial charge in [-0.25, -0.2) is 9.88 Å². The molecule has 4 rings (SSSR count). The van der Waals surface area contributed by atoms with Gasteiger partial charge in [-0.05, 0) is 48.2 Å². The fourth-order valence-corrected chi connectivity index (χ4v) is 5.82. The van der Waals surface area contributed by atoms with Gasteiger partial charge in [0.1, 0.15) is 12.1 Å². The van der Waals surface area contributed by atoms with Crippen LogP contribution in [0.3, 0.4) is 0 Å². The van der Waals surface area contributed by atoms with Crippen LogP contribution in [-0.4, -0.2) is 21.9 Å². The Kier molecular flexibility index (Phi) is 5.70. The highest BCUT2D eigenvalue weighted by molar-refractivity contribution is 8.17. The topological polar surface area (TPSA) is 45.1 Å². The number of fused-ring (bicyclic) bond motifs is 1. The Bertz CT molecular complexity index is 991. The van der Waals surface area contributed by atoms with Crippen LogP contribution in [0, 0.1) is 5.92 Å². The molecule has 0 bridgehead atoms. The molecule has 2 aromatic carbocycles. The van der Waals surface area contributed by atoms with Crippen LogP contribution in [0.5, 0.6) is 0 Å². The third-order valence-electron chi connectivity index (χ3n) is 5.42. The molecule has 0 fully saturated rings. The normalized spacial score (nSPS) is 23.8. The van der Waals surface area contributed by atoms with Gasteiger partial charge >= 0.3 is 0 Å². The molecule has 7 heteroatoms. The molecule has 0 spiro atoms. The highest BCUT2D eigenvalue weighted by Crippen LogP contribution is 2.56. The molecule has 0 saturated carbocycles. The van der Waals surface area contributed by atoms with Gasteiger partial charge < -0.3 is 4.90 Å². The van der Waals surface area contributed by atoms with Crippen molar-refractivity contribution in [3.63, 3.8) is 0 Å². The number of benzene rings is 2. The van der Waals surface area contributed by atoms with Crippen LogP contribution in [0.2, 0.25) is 10.0 Å². The van der Waals surface area contributed by atoms with Crippen LogP contribution in [0.4, 0.5) is 0 Å². The molecule has 1 N–H and O–H groups in total. The van der Waals surface area contributed by atoms with Crippen molar-refractivity contribution in [1.29, 1.82) is 0 Å². The van der Waals surface area contributed by atoms with E-state index in [1.54, 1.807) is 11.8 Å². The zero-order chi connectivity index (χ0) is 20.8. The zero-order valence-electron chi connectivity index (χ0n) is 16.4. The van der Waals surface area contributed by atoms with E-state index in [0.717, 1.165) is 26.9 Å². The summed E-state index contributed by atoms with van der Waals surface area (Å²) in [5.74, 6) is 0.233. The average molecular weight is 449 g/mol. The summed E-state index contributed by atoms with van der Waals surface area (Å²) in [6.45, 7) is 6.58. The molecule has 0 aromatic heterocycles. The summed E-state index contributed by atoms with van der Waals surface area (Å²) in [5.41, 5.74) is 2.75. The van der Waals surface area contributed by atoms with Crippen molar-refractivity contribution < 1.29 is 10.1 Å². The first-order chi connectivity index (χ1) is 13.8. The minimum atomic E-state index is -0.535. The molecule has 4 nitrogen and oxygen atoms in total. The minimum absolute atomic E-state index is 0.0747. The van der Waals surface area contributed by atoms with Crippen molar-refractivity contribution in [1.82, 2.24) is 4.90 Å². The second-order valence-electron chi connectivity index (χ2n) is 7.71. The Morgan fingerprint density at radius 3 is 2.52 bits per heavy atom. The van der Waals surface area contributed by atoms with E-state index in [9.17, 15) is 0 Å². The summed E-state index contributed by atoms with van der Waals surface area (Å²) in [7, 11) is 0. The highest BCUT2D eigenvalue weighted by Gasteiger charge is 2.52. The molecule has 152 valence electrons. The largest absolute Gasteiger partial charge is 0.313 e. The van der Waals surface area contributed by atoms with Gasteiger partial charge in [-0.3, -0.25) is 5.26 Å². The van der Waals surface area contributed by atoms with E-state index >= 15 is 0 Å². The number of hydrogen-bond acceptors (Lipinski definition) is 5. The number of hydrogen-bond donors (Lipinski definition) is 1. The van der Waals surface area contributed by atoms with Crippen molar-refractivity contribution in [3.8, 4) is 0 Å². The number of halogens is 2. The lowest BCUT2D eigenvalue weighted by molar-refractivity contribution is -0.232. The number of rotatable bonds is 5. The maximum Gasteiger partial charge on any atom is 0.169 e. The smallest absolute Gasteiger partial charge is 0.169 e. The molecule has 2 aromatic rings. The third-order valence-corrected chi connectivity index (χ3v) is 6.95.